The Hall–Kier alpha value is -1.65. The van der Waals surface area contributed by atoms with E-state index in [-0.39, 0.29) is 0 Å². The summed E-state index contributed by atoms with van der Waals surface area (Å²) >= 11 is 0. The molecular weight excluding hydrogens is 288 g/mol. The first-order chi connectivity index (χ1) is 11.3. The van der Waals surface area contributed by atoms with E-state index < -0.39 is 5.97 Å². The highest BCUT2D eigenvalue weighted by molar-refractivity contribution is 5.80. The van der Waals surface area contributed by atoms with Crippen molar-refractivity contribution in [3.63, 3.8) is 0 Å². The summed E-state index contributed by atoms with van der Waals surface area (Å²) in [4.78, 5) is 10.2. The summed E-state index contributed by atoms with van der Waals surface area (Å²) in [6.07, 6.45) is 25.7. The number of nitrogens with two attached hydrogens (primary N) is 1. The highest BCUT2D eigenvalue weighted by atomic mass is 16.4. The van der Waals surface area contributed by atoms with Crippen molar-refractivity contribution in [3.05, 3.63) is 48.6 Å². The number of carboxylic acids is 1. The van der Waals surface area contributed by atoms with E-state index in [9.17, 15) is 4.79 Å². The van der Waals surface area contributed by atoms with Crippen LogP contribution in [0.3, 0.4) is 0 Å². The highest BCUT2D eigenvalue weighted by Crippen LogP contribution is 2.09. The van der Waals surface area contributed by atoms with Crippen LogP contribution in [0.25, 0.3) is 0 Å². The summed E-state index contributed by atoms with van der Waals surface area (Å²) in [7, 11) is 0. The molecule has 0 fully saturated rings. The van der Waals surface area contributed by atoms with Crippen molar-refractivity contribution in [1.82, 2.24) is 5.43 Å². The third-order valence-electron chi connectivity index (χ3n) is 3.37. The first kappa shape index (κ1) is 21.4. The van der Waals surface area contributed by atoms with Gasteiger partial charge in [-0.2, -0.15) is 0 Å². The fraction of sp³-hybridized carbons (Fsp3) is 0.526. The van der Waals surface area contributed by atoms with Crippen LogP contribution in [0.1, 0.15) is 57.8 Å². The van der Waals surface area contributed by atoms with Gasteiger partial charge in [-0.05, 0) is 19.3 Å². The highest BCUT2D eigenvalue weighted by Gasteiger charge is 1.91. The lowest BCUT2D eigenvalue weighted by Gasteiger charge is -2.01. The third-order valence-corrected chi connectivity index (χ3v) is 3.37. The standard InChI is InChI=1S/C19H32N2O2/c20-21-18-16-14-12-10-8-6-4-2-1-3-5-7-9-11-13-15-17-19(22)23/h3,5,7,9,11,13,15,17,21H,1-2,4,6,8,10,12,14,16,18,20H2,(H,22,23). The summed E-state index contributed by atoms with van der Waals surface area (Å²) in [5, 5.41) is 8.39. The molecule has 0 aliphatic carbocycles. The lowest BCUT2D eigenvalue weighted by molar-refractivity contribution is -0.131. The molecule has 23 heavy (non-hydrogen) atoms. The molecule has 0 atom stereocenters. The van der Waals surface area contributed by atoms with Crippen LogP contribution in [0.5, 0.6) is 0 Å². The monoisotopic (exact) mass is 320 g/mol. The van der Waals surface area contributed by atoms with E-state index >= 15 is 0 Å². The van der Waals surface area contributed by atoms with Gasteiger partial charge in [0.15, 0.2) is 0 Å². The van der Waals surface area contributed by atoms with Crippen molar-refractivity contribution >= 4 is 5.97 Å². The van der Waals surface area contributed by atoms with Crippen LogP contribution in [0.15, 0.2) is 48.6 Å². The van der Waals surface area contributed by atoms with Crippen LogP contribution in [0.2, 0.25) is 0 Å². The van der Waals surface area contributed by atoms with Gasteiger partial charge in [0.1, 0.15) is 0 Å². The van der Waals surface area contributed by atoms with Crippen molar-refractivity contribution in [2.45, 2.75) is 57.8 Å². The molecule has 130 valence electrons. The van der Waals surface area contributed by atoms with Crippen molar-refractivity contribution in [2.24, 2.45) is 5.84 Å². The molecule has 0 aromatic rings. The zero-order valence-electron chi connectivity index (χ0n) is 14.1. The third kappa shape index (κ3) is 20.4. The molecule has 0 aliphatic rings. The maximum atomic E-state index is 10.2. The van der Waals surface area contributed by atoms with Gasteiger partial charge >= 0.3 is 5.97 Å². The average Bonchev–Trinajstić information content (AvgIpc) is 2.53. The van der Waals surface area contributed by atoms with E-state index in [4.69, 9.17) is 10.9 Å². The Labute approximate surface area is 140 Å². The Morgan fingerprint density at radius 3 is 1.91 bits per heavy atom. The maximum absolute atomic E-state index is 10.2. The maximum Gasteiger partial charge on any atom is 0.328 e. The first-order valence-corrected chi connectivity index (χ1v) is 8.60. The molecule has 4 heteroatoms. The first-order valence-electron chi connectivity index (χ1n) is 8.60. The molecule has 0 spiro atoms. The average molecular weight is 320 g/mol. The van der Waals surface area contributed by atoms with E-state index in [0.29, 0.717) is 0 Å². The molecule has 0 aromatic heterocycles. The molecule has 0 heterocycles. The number of allylic oxidation sites excluding steroid dienone is 7. The van der Waals surface area contributed by atoms with E-state index in [1.54, 1.807) is 6.08 Å². The lowest BCUT2D eigenvalue weighted by atomic mass is 10.1. The number of hydrogen-bond acceptors (Lipinski definition) is 3. The van der Waals surface area contributed by atoms with Crippen molar-refractivity contribution in [1.29, 1.82) is 0 Å². The van der Waals surface area contributed by atoms with Gasteiger partial charge in [-0.25, -0.2) is 4.79 Å². The molecule has 0 aromatic carbocycles. The molecule has 0 bridgehead atoms. The molecule has 0 rings (SSSR count). The van der Waals surface area contributed by atoms with Crippen LogP contribution in [-0.2, 0) is 4.79 Å². The molecule has 4 nitrogen and oxygen atoms in total. The van der Waals surface area contributed by atoms with Crippen LogP contribution in [0, 0.1) is 0 Å². The summed E-state index contributed by atoms with van der Waals surface area (Å²) < 4.78 is 0. The molecule has 0 amide bonds. The van der Waals surface area contributed by atoms with Crippen molar-refractivity contribution in [3.8, 4) is 0 Å². The number of carboxylic acid groups (broad SMARTS) is 1. The van der Waals surface area contributed by atoms with Gasteiger partial charge in [0.2, 0.25) is 0 Å². The van der Waals surface area contributed by atoms with E-state index in [2.05, 4.69) is 11.5 Å². The molecular formula is C19H32N2O2. The molecule has 0 saturated carbocycles. The predicted molar refractivity (Wildman–Crippen MR) is 97.9 cm³/mol. The lowest BCUT2D eigenvalue weighted by Crippen LogP contribution is -2.22. The fourth-order valence-corrected chi connectivity index (χ4v) is 2.12. The van der Waals surface area contributed by atoms with Gasteiger partial charge in [0, 0.05) is 12.6 Å². The number of aliphatic carboxylic acids is 1. The van der Waals surface area contributed by atoms with E-state index in [1.165, 1.54) is 57.4 Å². The number of rotatable bonds is 15. The minimum Gasteiger partial charge on any atom is -0.478 e. The Bertz CT molecular complexity index is 385. The number of hydrogen-bond donors (Lipinski definition) is 3. The fourth-order valence-electron chi connectivity index (χ4n) is 2.12. The summed E-state index contributed by atoms with van der Waals surface area (Å²) in [6, 6.07) is 0. The summed E-state index contributed by atoms with van der Waals surface area (Å²) in [5.41, 5.74) is 2.68. The smallest absolute Gasteiger partial charge is 0.328 e. The Balaban J connectivity index is 3.32. The molecule has 0 unspecified atom stereocenters. The van der Waals surface area contributed by atoms with Crippen LogP contribution >= 0.6 is 0 Å². The molecule has 0 radical (unpaired) electrons. The SMILES string of the molecule is NNCCCCCCCCCCC=CC=CC=CC=CC(=O)O. The van der Waals surface area contributed by atoms with Crippen LogP contribution in [0.4, 0.5) is 0 Å². The zero-order chi connectivity index (χ0) is 17.0. The van der Waals surface area contributed by atoms with Crippen LogP contribution < -0.4 is 11.3 Å². The minimum atomic E-state index is -0.928. The summed E-state index contributed by atoms with van der Waals surface area (Å²) in [6.45, 7) is 0.926. The van der Waals surface area contributed by atoms with Gasteiger partial charge in [-0.3, -0.25) is 11.3 Å². The number of carbonyl (C=O) groups is 1. The molecule has 4 N–H and O–H groups in total. The van der Waals surface area contributed by atoms with E-state index in [0.717, 1.165) is 19.0 Å². The van der Waals surface area contributed by atoms with Gasteiger partial charge < -0.3 is 5.11 Å². The van der Waals surface area contributed by atoms with Crippen molar-refractivity contribution < 1.29 is 9.90 Å². The second-order valence-corrected chi connectivity index (χ2v) is 5.47. The Morgan fingerprint density at radius 1 is 0.783 bits per heavy atom. The number of nitrogens with one attached hydrogen (secondary N) is 1. The topological polar surface area (TPSA) is 75.3 Å². The van der Waals surface area contributed by atoms with Gasteiger partial charge in [-0.15, -0.1) is 0 Å². The Morgan fingerprint density at radius 2 is 1.30 bits per heavy atom. The summed E-state index contributed by atoms with van der Waals surface area (Å²) in [5.74, 6) is 4.29. The van der Waals surface area contributed by atoms with Crippen LogP contribution in [-0.4, -0.2) is 17.6 Å². The van der Waals surface area contributed by atoms with Gasteiger partial charge in [0.25, 0.3) is 0 Å². The second kappa shape index (κ2) is 18.4. The Kier molecular flexibility index (Phi) is 17.1. The largest absolute Gasteiger partial charge is 0.478 e. The predicted octanol–water partition coefficient (Wildman–Crippen LogP) is 4.27. The normalized spacial score (nSPS) is 12.4. The van der Waals surface area contributed by atoms with E-state index in [1.807, 2.05) is 24.3 Å². The van der Waals surface area contributed by atoms with Crippen molar-refractivity contribution in [2.75, 3.05) is 6.54 Å². The molecule has 0 aliphatic heterocycles. The number of hydrazine groups is 1. The quantitative estimate of drug-likeness (QED) is 0.138. The zero-order valence-corrected chi connectivity index (χ0v) is 14.1. The van der Waals surface area contributed by atoms with Gasteiger partial charge in [-0.1, -0.05) is 81.1 Å². The molecule has 0 saturated heterocycles. The minimum absolute atomic E-state index is 0.926. The number of unbranched alkanes of at least 4 members (excludes halogenated alkanes) is 8. The second-order valence-electron chi connectivity index (χ2n) is 5.47. The van der Waals surface area contributed by atoms with Gasteiger partial charge in [0.05, 0.1) is 0 Å².